The fourth-order valence-electron chi connectivity index (χ4n) is 3.31. The molecule has 2 fully saturated rings. The Bertz CT molecular complexity index is 210. The van der Waals surface area contributed by atoms with Crippen LogP contribution in [0.1, 0.15) is 32.1 Å². The molecule has 2 rings (SSSR count). The third-order valence-corrected chi connectivity index (χ3v) is 4.11. The fourth-order valence-corrected chi connectivity index (χ4v) is 3.31. The number of ether oxygens (including phenoxy) is 1. The zero-order valence-electron chi connectivity index (χ0n) is 10.5. The number of likely N-dealkylation sites (tertiary alicyclic amines) is 1. The van der Waals surface area contributed by atoms with Gasteiger partial charge >= 0.3 is 0 Å². The first-order valence-electron chi connectivity index (χ1n) is 6.74. The van der Waals surface area contributed by atoms with Crippen LogP contribution in [0.5, 0.6) is 0 Å². The van der Waals surface area contributed by atoms with Crippen LogP contribution >= 0.6 is 0 Å². The molecule has 0 radical (unpaired) electrons. The Balaban J connectivity index is 1.70. The lowest BCUT2D eigenvalue weighted by atomic mass is 9.86. The average molecular weight is 226 g/mol. The molecule has 16 heavy (non-hydrogen) atoms. The summed E-state index contributed by atoms with van der Waals surface area (Å²) >= 11 is 0. The molecule has 0 amide bonds. The lowest BCUT2D eigenvalue weighted by molar-refractivity contribution is 0.148. The molecule has 1 saturated heterocycles. The van der Waals surface area contributed by atoms with Gasteiger partial charge in [-0.05, 0) is 44.1 Å². The van der Waals surface area contributed by atoms with Crippen molar-refractivity contribution in [3.63, 3.8) is 0 Å². The maximum atomic E-state index is 6.04. The highest BCUT2D eigenvalue weighted by Crippen LogP contribution is 2.26. The summed E-state index contributed by atoms with van der Waals surface area (Å²) in [5.41, 5.74) is 6.04. The van der Waals surface area contributed by atoms with E-state index >= 15 is 0 Å². The minimum absolute atomic E-state index is 0.469. The summed E-state index contributed by atoms with van der Waals surface area (Å²) in [7, 11) is 1.81. The SMILES string of the molecule is COCC1CCN(CC2CCCC(N)C2)C1. The van der Waals surface area contributed by atoms with Gasteiger partial charge in [0.1, 0.15) is 0 Å². The maximum absolute atomic E-state index is 6.04. The minimum atomic E-state index is 0.469. The molecule has 0 spiro atoms. The van der Waals surface area contributed by atoms with Gasteiger partial charge in [-0.1, -0.05) is 6.42 Å². The van der Waals surface area contributed by atoms with Gasteiger partial charge in [0.05, 0.1) is 6.61 Å². The van der Waals surface area contributed by atoms with E-state index in [2.05, 4.69) is 4.90 Å². The number of hydrogen-bond donors (Lipinski definition) is 1. The molecule has 0 bridgehead atoms. The molecule has 94 valence electrons. The van der Waals surface area contributed by atoms with E-state index in [0.717, 1.165) is 18.4 Å². The van der Waals surface area contributed by atoms with Crippen molar-refractivity contribution in [1.82, 2.24) is 4.90 Å². The summed E-state index contributed by atoms with van der Waals surface area (Å²) in [5.74, 6) is 1.62. The molecule has 2 N–H and O–H groups in total. The van der Waals surface area contributed by atoms with Crippen molar-refractivity contribution in [3.8, 4) is 0 Å². The van der Waals surface area contributed by atoms with Crippen LogP contribution in [0.3, 0.4) is 0 Å². The highest BCUT2D eigenvalue weighted by atomic mass is 16.5. The molecular weight excluding hydrogens is 200 g/mol. The molecule has 3 unspecified atom stereocenters. The Morgan fingerprint density at radius 3 is 2.88 bits per heavy atom. The number of methoxy groups -OCH3 is 1. The predicted molar refractivity (Wildman–Crippen MR) is 66.4 cm³/mol. The van der Waals surface area contributed by atoms with Crippen molar-refractivity contribution in [2.24, 2.45) is 17.6 Å². The van der Waals surface area contributed by atoms with Gasteiger partial charge in [0.2, 0.25) is 0 Å². The maximum Gasteiger partial charge on any atom is 0.0503 e. The summed E-state index contributed by atoms with van der Waals surface area (Å²) in [5, 5.41) is 0. The lowest BCUT2D eigenvalue weighted by Crippen LogP contribution is -2.35. The van der Waals surface area contributed by atoms with Gasteiger partial charge in [-0.25, -0.2) is 0 Å². The van der Waals surface area contributed by atoms with Gasteiger partial charge in [0.15, 0.2) is 0 Å². The second kappa shape index (κ2) is 5.99. The first-order valence-corrected chi connectivity index (χ1v) is 6.74. The van der Waals surface area contributed by atoms with Gasteiger partial charge in [-0.3, -0.25) is 0 Å². The quantitative estimate of drug-likeness (QED) is 0.789. The number of nitrogens with two attached hydrogens (primary N) is 1. The van der Waals surface area contributed by atoms with E-state index < -0.39 is 0 Å². The van der Waals surface area contributed by atoms with Crippen molar-refractivity contribution in [1.29, 1.82) is 0 Å². The van der Waals surface area contributed by atoms with Crippen molar-refractivity contribution in [3.05, 3.63) is 0 Å². The van der Waals surface area contributed by atoms with E-state index in [-0.39, 0.29) is 0 Å². The van der Waals surface area contributed by atoms with E-state index in [1.807, 2.05) is 7.11 Å². The molecule has 1 saturated carbocycles. The van der Waals surface area contributed by atoms with Crippen LogP contribution in [0.4, 0.5) is 0 Å². The summed E-state index contributed by atoms with van der Waals surface area (Å²) in [6, 6.07) is 0.469. The number of rotatable bonds is 4. The van der Waals surface area contributed by atoms with Gasteiger partial charge in [-0.2, -0.15) is 0 Å². The van der Waals surface area contributed by atoms with Crippen molar-refractivity contribution >= 4 is 0 Å². The number of hydrogen-bond acceptors (Lipinski definition) is 3. The Kier molecular flexibility index (Phi) is 4.62. The van der Waals surface area contributed by atoms with Crippen LogP contribution in [0.15, 0.2) is 0 Å². The second-order valence-corrected chi connectivity index (χ2v) is 5.66. The van der Waals surface area contributed by atoms with Gasteiger partial charge in [0, 0.05) is 26.2 Å². The van der Waals surface area contributed by atoms with Gasteiger partial charge < -0.3 is 15.4 Å². The molecular formula is C13H26N2O. The van der Waals surface area contributed by atoms with Crippen LogP contribution in [0, 0.1) is 11.8 Å². The summed E-state index contributed by atoms with van der Waals surface area (Å²) < 4.78 is 5.23. The molecule has 1 heterocycles. The molecule has 3 nitrogen and oxygen atoms in total. The summed E-state index contributed by atoms with van der Waals surface area (Å²) in [6.45, 7) is 4.70. The molecule has 2 aliphatic rings. The van der Waals surface area contributed by atoms with Crippen molar-refractivity contribution in [2.45, 2.75) is 38.1 Å². The zero-order chi connectivity index (χ0) is 11.4. The van der Waals surface area contributed by atoms with Crippen LogP contribution in [-0.4, -0.2) is 44.3 Å². The highest BCUT2D eigenvalue weighted by Gasteiger charge is 2.26. The largest absolute Gasteiger partial charge is 0.384 e. The van der Waals surface area contributed by atoms with E-state index in [0.29, 0.717) is 6.04 Å². The monoisotopic (exact) mass is 226 g/mol. The van der Waals surface area contributed by atoms with E-state index in [9.17, 15) is 0 Å². The Labute approximate surface area is 99.3 Å². The van der Waals surface area contributed by atoms with Gasteiger partial charge in [-0.15, -0.1) is 0 Å². The third kappa shape index (κ3) is 3.44. The minimum Gasteiger partial charge on any atom is -0.384 e. The van der Waals surface area contributed by atoms with Crippen LogP contribution in [0.2, 0.25) is 0 Å². The van der Waals surface area contributed by atoms with Crippen LogP contribution in [-0.2, 0) is 4.74 Å². The van der Waals surface area contributed by atoms with E-state index in [1.165, 1.54) is 51.7 Å². The molecule has 3 atom stereocenters. The lowest BCUT2D eigenvalue weighted by Gasteiger charge is -2.30. The van der Waals surface area contributed by atoms with Crippen molar-refractivity contribution < 1.29 is 4.74 Å². The summed E-state index contributed by atoms with van der Waals surface area (Å²) in [4.78, 5) is 2.62. The van der Waals surface area contributed by atoms with E-state index in [1.54, 1.807) is 0 Å². The smallest absolute Gasteiger partial charge is 0.0503 e. The molecule has 0 aromatic heterocycles. The Morgan fingerprint density at radius 2 is 2.12 bits per heavy atom. The Morgan fingerprint density at radius 1 is 1.25 bits per heavy atom. The molecule has 1 aliphatic heterocycles. The third-order valence-electron chi connectivity index (χ3n) is 4.11. The predicted octanol–water partition coefficient (Wildman–Crippen LogP) is 1.47. The number of nitrogens with zero attached hydrogens (tertiary/aromatic N) is 1. The van der Waals surface area contributed by atoms with Crippen LogP contribution < -0.4 is 5.73 Å². The first kappa shape index (κ1) is 12.3. The van der Waals surface area contributed by atoms with Crippen LogP contribution in [0.25, 0.3) is 0 Å². The zero-order valence-corrected chi connectivity index (χ0v) is 10.5. The van der Waals surface area contributed by atoms with Gasteiger partial charge in [0.25, 0.3) is 0 Å². The van der Waals surface area contributed by atoms with E-state index in [4.69, 9.17) is 10.5 Å². The Hall–Kier alpha value is -0.120. The second-order valence-electron chi connectivity index (χ2n) is 5.66. The molecule has 0 aromatic carbocycles. The standard InChI is InChI=1S/C13H26N2O/c1-16-10-12-5-6-15(9-12)8-11-3-2-4-13(14)7-11/h11-13H,2-10,14H2,1H3. The highest BCUT2D eigenvalue weighted by molar-refractivity contribution is 4.81. The fraction of sp³-hybridized carbons (Fsp3) is 1.00. The molecule has 1 aliphatic carbocycles. The molecule has 0 aromatic rings. The van der Waals surface area contributed by atoms with Crippen molar-refractivity contribution in [2.75, 3.05) is 33.4 Å². The normalized spacial score (nSPS) is 36.8. The average Bonchev–Trinajstić information content (AvgIpc) is 2.66. The summed E-state index contributed by atoms with van der Waals surface area (Å²) in [6.07, 6.45) is 6.52. The first-order chi connectivity index (χ1) is 7.78. The topological polar surface area (TPSA) is 38.5 Å². The molecule has 3 heteroatoms.